The van der Waals surface area contributed by atoms with E-state index >= 15 is 0 Å². The molecule has 1 aromatic heterocycles. The van der Waals surface area contributed by atoms with Crippen LogP contribution < -0.4 is 20.9 Å². The molecule has 0 aliphatic heterocycles. The maximum atomic E-state index is 12.4. The number of anilines is 1. The average molecular weight is 395 g/mol. The first-order valence-corrected chi connectivity index (χ1v) is 9.19. The molecular formula is C20H21N5O4. The number of nitrogens with one attached hydrogen (secondary N) is 2. The maximum absolute atomic E-state index is 12.4. The zero-order valence-electron chi connectivity index (χ0n) is 15.9. The number of aryl methyl sites for hydroxylation is 1. The van der Waals surface area contributed by atoms with Crippen molar-refractivity contribution in [3.63, 3.8) is 0 Å². The van der Waals surface area contributed by atoms with Crippen LogP contribution in [0.2, 0.25) is 0 Å². The van der Waals surface area contributed by atoms with E-state index in [1.807, 2.05) is 6.92 Å². The SMILES string of the molecule is CCNC(=O)COc1cccc(NC(=O)CCn2nnc3ccccc3c2=O)c1. The number of hydrogen-bond acceptors (Lipinski definition) is 6. The smallest absolute Gasteiger partial charge is 0.277 e. The van der Waals surface area contributed by atoms with Crippen LogP contribution in [0.4, 0.5) is 5.69 Å². The Balaban J connectivity index is 1.57. The number of nitrogens with zero attached hydrogens (tertiary/aromatic N) is 3. The summed E-state index contributed by atoms with van der Waals surface area (Å²) in [6.07, 6.45) is 0.0525. The van der Waals surface area contributed by atoms with Gasteiger partial charge in [-0.2, -0.15) is 0 Å². The molecule has 150 valence electrons. The van der Waals surface area contributed by atoms with E-state index in [2.05, 4.69) is 20.9 Å². The molecule has 0 atom stereocenters. The molecule has 1 heterocycles. The normalized spacial score (nSPS) is 10.5. The monoisotopic (exact) mass is 395 g/mol. The maximum Gasteiger partial charge on any atom is 0.277 e. The number of ether oxygens (including phenoxy) is 1. The highest BCUT2D eigenvalue weighted by molar-refractivity contribution is 5.90. The Morgan fingerprint density at radius 2 is 1.93 bits per heavy atom. The Labute approximate surface area is 166 Å². The van der Waals surface area contributed by atoms with Gasteiger partial charge in [0.05, 0.1) is 11.9 Å². The lowest BCUT2D eigenvalue weighted by Crippen LogP contribution is -2.28. The highest BCUT2D eigenvalue weighted by Crippen LogP contribution is 2.17. The number of hydrogen-bond donors (Lipinski definition) is 2. The second-order valence-corrected chi connectivity index (χ2v) is 6.20. The van der Waals surface area contributed by atoms with Crippen molar-refractivity contribution in [2.45, 2.75) is 19.9 Å². The van der Waals surface area contributed by atoms with Crippen LogP contribution >= 0.6 is 0 Å². The van der Waals surface area contributed by atoms with Gasteiger partial charge in [-0.05, 0) is 31.2 Å². The van der Waals surface area contributed by atoms with E-state index in [1.165, 1.54) is 4.68 Å². The van der Waals surface area contributed by atoms with E-state index in [9.17, 15) is 14.4 Å². The predicted octanol–water partition coefficient (Wildman–Crippen LogP) is 1.34. The Morgan fingerprint density at radius 1 is 1.10 bits per heavy atom. The second kappa shape index (κ2) is 9.45. The molecule has 2 amide bonds. The number of carbonyl (C=O) groups is 2. The minimum atomic E-state index is -0.288. The molecule has 9 nitrogen and oxygen atoms in total. The number of fused-ring (bicyclic) bond motifs is 1. The standard InChI is InChI=1S/C20H21N5O4/c1-2-21-19(27)13-29-15-7-5-6-14(12-15)22-18(26)10-11-25-20(28)16-8-3-4-9-17(16)23-24-25/h3-9,12H,2,10-11,13H2,1H3,(H,21,27)(H,22,26). The van der Waals surface area contributed by atoms with Gasteiger partial charge in [-0.25, -0.2) is 4.68 Å². The average Bonchev–Trinajstić information content (AvgIpc) is 2.72. The molecule has 2 aromatic carbocycles. The summed E-state index contributed by atoms with van der Waals surface area (Å²) in [5.74, 6) is -0.0396. The van der Waals surface area contributed by atoms with Crippen LogP contribution in [0.15, 0.2) is 53.3 Å². The van der Waals surface area contributed by atoms with Gasteiger partial charge in [-0.3, -0.25) is 14.4 Å². The van der Waals surface area contributed by atoms with Gasteiger partial charge in [-0.1, -0.05) is 23.4 Å². The fourth-order valence-corrected chi connectivity index (χ4v) is 2.66. The summed E-state index contributed by atoms with van der Waals surface area (Å²) in [5.41, 5.74) is 0.757. The zero-order valence-corrected chi connectivity index (χ0v) is 15.9. The Kier molecular flexibility index (Phi) is 6.51. The van der Waals surface area contributed by atoms with Crippen molar-refractivity contribution in [2.75, 3.05) is 18.5 Å². The molecule has 0 saturated heterocycles. The van der Waals surface area contributed by atoms with E-state index in [0.29, 0.717) is 28.9 Å². The molecule has 2 N–H and O–H groups in total. The molecule has 0 spiro atoms. The highest BCUT2D eigenvalue weighted by Gasteiger charge is 2.09. The third-order valence-corrected chi connectivity index (χ3v) is 4.04. The number of likely N-dealkylation sites (N-methyl/N-ethyl adjacent to an activating group) is 1. The van der Waals surface area contributed by atoms with Crippen LogP contribution in [0.5, 0.6) is 5.75 Å². The molecule has 3 rings (SSSR count). The summed E-state index contributed by atoms with van der Waals surface area (Å²) in [4.78, 5) is 36.1. The minimum absolute atomic E-state index is 0.0525. The number of amides is 2. The van der Waals surface area contributed by atoms with Crippen LogP contribution in [0.1, 0.15) is 13.3 Å². The second-order valence-electron chi connectivity index (χ2n) is 6.20. The summed E-state index contributed by atoms with van der Waals surface area (Å²) in [7, 11) is 0. The topological polar surface area (TPSA) is 115 Å². The third kappa shape index (κ3) is 5.38. The predicted molar refractivity (Wildman–Crippen MR) is 108 cm³/mol. The van der Waals surface area contributed by atoms with Gasteiger partial charge >= 0.3 is 0 Å². The summed E-state index contributed by atoms with van der Waals surface area (Å²) in [6, 6.07) is 13.7. The lowest BCUT2D eigenvalue weighted by molar-refractivity contribution is -0.123. The Bertz CT molecular complexity index is 1080. The molecule has 3 aromatic rings. The quantitative estimate of drug-likeness (QED) is 0.595. The van der Waals surface area contributed by atoms with Gasteiger partial charge in [0.2, 0.25) is 5.91 Å². The van der Waals surface area contributed by atoms with E-state index < -0.39 is 0 Å². The third-order valence-electron chi connectivity index (χ3n) is 4.04. The highest BCUT2D eigenvalue weighted by atomic mass is 16.5. The first-order valence-electron chi connectivity index (χ1n) is 9.19. The first-order chi connectivity index (χ1) is 14.1. The molecular weight excluding hydrogens is 374 g/mol. The van der Waals surface area contributed by atoms with E-state index in [4.69, 9.17) is 4.74 Å². The van der Waals surface area contributed by atoms with Gasteiger partial charge in [0, 0.05) is 24.7 Å². The number of benzene rings is 2. The molecule has 0 saturated carbocycles. The summed E-state index contributed by atoms with van der Waals surface area (Å²) >= 11 is 0. The van der Waals surface area contributed by atoms with Crippen LogP contribution in [-0.2, 0) is 16.1 Å². The molecule has 0 aliphatic rings. The van der Waals surface area contributed by atoms with Gasteiger partial charge in [-0.15, -0.1) is 5.10 Å². The van der Waals surface area contributed by atoms with E-state index in [1.54, 1.807) is 48.5 Å². The van der Waals surface area contributed by atoms with Gasteiger partial charge in [0.15, 0.2) is 6.61 Å². The number of rotatable bonds is 8. The summed E-state index contributed by atoms with van der Waals surface area (Å²) < 4.78 is 6.58. The van der Waals surface area contributed by atoms with Gasteiger partial charge in [0.1, 0.15) is 11.3 Å². The van der Waals surface area contributed by atoms with Crippen molar-refractivity contribution >= 4 is 28.4 Å². The Morgan fingerprint density at radius 3 is 2.76 bits per heavy atom. The van der Waals surface area contributed by atoms with Gasteiger partial charge in [0.25, 0.3) is 11.5 Å². The van der Waals surface area contributed by atoms with Crippen LogP contribution in [0.25, 0.3) is 10.9 Å². The van der Waals surface area contributed by atoms with Crippen LogP contribution in [0.3, 0.4) is 0 Å². The fourth-order valence-electron chi connectivity index (χ4n) is 2.66. The Hall–Kier alpha value is -3.75. The number of carbonyl (C=O) groups excluding carboxylic acids is 2. The fraction of sp³-hybridized carbons (Fsp3) is 0.250. The van der Waals surface area contributed by atoms with Crippen molar-refractivity contribution in [3.05, 3.63) is 58.9 Å². The largest absolute Gasteiger partial charge is 0.484 e. The molecule has 0 unspecified atom stereocenters. The lowest BCUT2D eigenvalue weighted by Gasteiger charge is -2.09. The zero-order chi connectivity index (χ0) is 20.6. The van der Waals surface area contributed by atoms with Crippen molar-refractivity contribution in [1.29, 1.82) is 0 Å². The van der Waals surface area contributed by atoms with Crippen molar-refractivity contribution in [3.8, 4) is 5.75 Å². The van der Waals surface area contributed by atoms with E-state index in [-0.39, 0.29) is 36.9 Å². The van der Waals surface area contributed by atoms with Crippen LogP contribution in [-0.4, -0.2) is 40.0 Å². The summed E-state index contributed by atoms with van der Waals surface area (Å²) in [5, 5.41) is 13.7. The number of aromatic nitrogens is 3. The molecule has 9 heteroatoms. The molecule has 0 bridgehead atoms. The first kappa shape index (κ1) is 20.0. The minimum Gasteiger partial charge on any atom is -0.484 e. The lowest BCUT2D eigenvalue weighted by atomic mass is 10.2. The molecule has 0 fully saturated rings. The van der Waals surface area contributed by atoms with Crippen LogP contribution in [0, 0.1) is 0 Å². The van der Waals surface area contributed by atoms with Crippen molar-refractivity contribution < 1.29 is 14.3 Å². The molecule has 0 aliphatic carbocycles. The molecule has 0 radical (unpaired) electrons. The van der Waals surface area contributed by atoms with Crippen molar-refractivity contribution in [1.82, 2.24) is 20.3 Å². The molecule has 29 heavy (non-hydrogen) atoms. The van der Waals surface area contributed by atoms with Gasteiger partial charge < -0.3 is 15.4 Å². The van der Waals surface area contributed by atoms with Crippen molar-refractivity contribution in [2.24, 2.45) is 0 Å². The summed E-state index contributed by atoms with van der Waals surface area (Å²) in [6.45, 7) is 2.36. The van der Waals surface area contributed by atoms with E-state index in [0.717, 1.165) is 0 Å².